The highest BCUT2D eigenvalue weighted by molar-refractivity contribution is 7.19. The fourth-order valence-electron chi connectivity index (χ4n) is 3.20. The Morgan fingerprint density at radius 2 is 1.88 bits per heavy atom. The number of thiophene rings is 1. The molecule has 0 atom stereocenters. The first-order valence-corrected chi connectivity index (χ1v) is 9.66. The lowest BCUT2D eigenvalue weighted by Crippen LogP contribution is -2.23. The van der Waals surface area contributed by atoms with E-state index in [0.29, 0.717) is 11.2 Å². The second-order valence-electron chi connectivity index (χ2n) is 7.52. The van der Waals surface area contributed by atoms with Crippen LogP contribution in [0, 0.1) is 19.3 Å². The quantitative estimate of drug-likeness (QED) is 0.618. The van der Waals surface area contributed by atoms with Crippen LogP contribution in [0.2, 0.25) is 0 Å². The van der Waals surface area contributed by atoms with Crippen molar-refractivity contribution in [3.63, 3.8) is 0 Å². The standard InChI is InChI=1S/C22H24N2OS/c1-7-13-24-14(3)23-20-19(21(24)25)18(17(8-2)26-20)15-9-11-16(12-10-15)22(4,5)6/h1,9-12H,8,13H2,2-6H3. The number of rotatable bonds is 3. The minimum atomic E-state index is -0.0451. The van der Waals surface area contributed by atoms with Crippen molar-refractivity contribution >= 4 is 21.6 Å². The zero-order valence-electron chi connectivity index (χ0n) is 16.0. The molecule has 0 spiro atoms. The molecule has 0 aliphatic rings. The van der Waals surface area contributed by atoms with E-state index in [0.717, 1.165) is 22.4 Å². The lowest BCUT2D eigenvalue weighted by molar-refractivity contribution is 0.590. The predicted octanol–water partition coefficient (Wildman–Crippen LogP) is 4.93. The van der Waals surface area contributed by atoms with Crippen LogP contribution in [-0.2, 0) is 18.4 Å². The molecule has 3 rings (SSSR count). The van der Waals surface area contributed by atoms with Crippen molar-refractivity contribution in [2.75, 3.05) is 0 Å². The summed E-state index contributed by atoms with van der Waals surface area (Å²) in [6.45, 7) is 10.8. The SMILES string of the molecule is C#CCn1c(C)nc2sc(CC)c(-c3ccc(C(C)(C)C)cc3)c2c1=O. The van der Waals surface area contributed by atoms with Crippen LogP contribution in [0.3, 0.4) is 0 Å². The van der Waals surface area contributed by atoms with E-state index in [1.54, 1.807) is 15.9 Å². The molecule has 0 aliphatic carbocycles. The Labute approximate surface area is 158 Å². The van der Waals surface area contributed by atoms with Gasteiger partial charge < -0.3 is 0 Å². The van der Waals surface area contributed by atoms with Gasteiger partial charge in [0.2, 0.25) is 0 Å². The lowest BCUT2D eigenvalue weighted by atomic mass is 9.86. The van der Waals surface area contributed by atoms with Crippen LogP contribution in [0.4, 0.5) is 0 Å². The highest BCUT2D eigenvalue weighted by Gasteiger charge is 2.20. The van der Waals surface area contributed by atoms with Gasteiger partial charge in [0.25, 0.3) is 5.56 Å². The average Bonchev–Trinajstić information content (AvgIpc) is 2.96. The van der Waals surface area contributed by atoms with E-state index in [1.165, 1.54) is 10.4 Å². The Morgan fingerprint density at radius 3 is 2.42 bits per heavy atom. The molecule has 4 heteroatoms. The van der Waals surface area contributed by atoms with Crippen LogP contribution < -0.4 is 5.56 Å². The summed E-state index contributed by atoms with van der Waals surface area (Å²) in [6.07, 6.45) is 6.31. The van der Waals surface area contributed by atoms with Gasteiger partial charge in [-0.05, 0) is 29.9 Å². The van der Waals surface area contributed by atoms with Gasteiger partial charge in [-0.15, -0.1) is 17.8 Å². The summed E-state index contributed by atoms with van der Waals surface area (Å²) < 4.78 is 1.58. The third-order valence-electron chi connectivity index (χ3n) is 4.69. The first kappa shape index (κ1) is 18.4. The van der Waals surface area contributed by atoms with Crippen molar-refractivity contribution in [2.45, 2.75) is 53.0 Å². The molecule has 134 valence electrons. The van der Waals surface area contributed by atoms with Crippen LogP contribution in [0.15, 0.2) is 29.1 Å². The maximum absolute atomic E-state index is 13.1. The molecule has 3 aromatic rings. The van der Waals surface area contributed by atoms with E-state index in [9.17, 15) is 4.79 Å². The molecule has 0 unspecified atom stereocenters. The second-order valence-corrected chi connectivity index (χ2v) is 8.60. The third kappa shape index (κ3) is 3.08. The summed E-state index contributed by atoms with van der Waals surface area (Å²) in [7, 11) is 0. The van der Waals surface area contributed by atoms with E-state index < -0.39 is 0 Å². The second kappa shape index (κ2) is 6.74. The number of aryl methyl sites for hydroxylation is 2. The topological polar surface area (TPSA) is 34.9 Å². The Morgan fingerprint density at radius 1 is 1.23 bits per heavy atom. The van der Waals surface area contributed by atoms with Crippen LogP contribution in [0.1, 0.15) is 44.0 Å². The maximum atomic E-state index is 13.1. The Balaban J connectivity index is 2.30. The molecule has 0 N–H and O–H groups in total. The molecule has 0 amide bonds. The van der Waals surface area contributed by atoms with E-state index in [2.05, 4.69) is 62.9 Å². The number of hydrogen-bond donors (Lipinski definition) is 0. The van der Waals surface area contributed by atoms with Crippen LogP contribution >= 0.6 is 11.3 Å². The summed E-state index contributed by atoms with van der Waals surface area (Å²) in [6, 6.07) is 8.54. The normalized spacial score (nSPS) is 11.7. The fraction of sp³-hybridized carbons (Fsp3) is 0.364. The van der Waals surface area contributed by atoms with E-state index in [4.69, 9.17) is 6.42 Å². The Bertz CT molecular complexity index is 1060. The molecule has 0 bridgehead atoms. The lowest BCUT2D eigenvalue weighted by Gasteiger charge is -2.19. The summed E-state index contributed by atoms with van der Waals surface area (Å²) in [5.74, 6) is 3.23. The molecular weight excluding hydrogens is 340 g/mol. The van der Waals surface area contributed by atoms with E-state index in [1.807, 2.05) is 6.92 Å². The molecule has 3 nitrogen and oxygen atoms in total. The van der Waals surface area contributed by atoms with Gasteiger partial charge in [-0.3, -0.25) is 9.36 Å². The van der Waals surface area contributed by atoms with E-state index >= 15 is 0 Å². The molecule has 0 saturated heterocycles. The molecular formula is C22H24N2OS. The minimum absolute atomic E-state index is 0.0451. The van der Waals surface area contributed by atoms with Crippen molar-refractivity contribution in [1.29, 1.82) is 0 Å². The molecule has 2 aromatic heterocycles. The van der Waals surface area contributed by atoms with Crippen LogP contribution in [-0.4, -0.2) is 9.55 Å². The molecule has 1 aromatic carbocycles. The van der Waals surface area contributed by atoms with Gasteiger partial charge >= 0.3 is 0 Å². The monoisotopic (exact) mass is 364 g/mol. The molecule has 26 heavy (non-hydrogen) atoms. The Hall–Kier alpha value is -2.38. The Kier molecular flexibility index (Phi) is 4.77. The van der Waals surface area contributed by atoms with Gasteiger partial charge in [0.15, 0.2) is 0 Å². The van der Waals surface area contributed by atoms with E-state index in [-0.39, 0.29) is 17.5 Å². The zero-order chi connectivity index (χ0) is 19.1. The minimum Gasteiger partial charge on any atom is -0.284 e. The van der Waals surface area contributed by atoms with Crippen molar-refractivity contribution in [1.82, 2.24) is 9.55 Å². The number of aromatic nitrogens is 2. The van der Waals surface area contributed by atoms with Crippen LogP contribution in [0.5, 0.6) is 0 Å². The highest BCUT2D eigenvalue weighted by atomic mass is 32.1. The first-order valence-electron chi connectivity index (χ1n) is 8.85. The number of hydrogen-bond acceptors (Lipinski definition) is 3. The fourth-order valence-corrected chi connectivity index (χ4v) is 4.37. The average molecular weight is 365 g/mol. The summed E-state index contributed by atoms with van der Waals surface area (Å²) in [5, 5.41) is 0.691. The smallest absolute Gasteiger partial charge is 0.263 e. The van der Waals surface area contributed by atoms with Gasteiger partial charge in [-0.25, -0.2) is 4.98 Å². The highest BCUT2D eigenvalue weighted by Crippen LogP contribution is 2.37. The van der Waals surface area contributed by atoms with Gasteiger partial charge in [0.05, 0.1) is 11.9 Å². The van der Waals surface area contributed by atoms with Gasteiger partial charge in [0, 0.05) is 10.4 Å². The van der Waals surface area contributed by atoms with Crippen molar-refractivity contribution < 1.29 is 0 Å². The van der Waals surface area contributed by atoms with Crippen LogP contribution in [0.25, 0.3) is 21.3 Å². The molecule has 0 aliphatic heterocycles. The molecule has 0 saturated carbocycles. The molecule has 0 radical (unpaired) electrons. The third-order valence-corrected chi connectivity index (χ3v) is 5.91. The summed E-state index contributed by atoms with van der Waals surface area (Å²) in [5.41, 5.74) is 3.40. The maximum Gasteiger partial charge on any atom is 0.263 e. The first-order chi connectivity index (χ1) is 12.3. The summed E-state index contributed by atoms with van der Waals surface area (Å²) in [4.78, 5) is 19.8. The van der Waals surface area contributed by atoms with Crippen molar-refractivity contribution in [3.8, 4) is 23.5 Å². The predicted molar refractivity (Wildman–Crippen MR) is 111 cm³/mol. The largest absolute Gasteiger partial charge is 0.284 e. The van der Waals surface area contributed by atoms with Gasteiger partial charge in [0.1, 0.15) is 10.7 Å². The summed E-state index contributed by atoms with van der Waals surface area (Å²) >= 11 is 1.61. The zero-order valence-corrected chi connectivity index (χ0v) is 16.8. The molecule has 2 heterocycles. The van der Waals surface area contributed by atoms with Crippen molar-refractivity contribution in [2.24, 2.45) is 0 Å². The van der Waals surface area contributed by atoms with Crippen molar-refractivity contribution in [3.05, 3.63) is 50.9 Å². The van der Waals surface area contributed by atoms with Gasteiger partial charge in [-0.1, -0.05) is 57.9 Å². The number of fused-ring (bicyclic) bond motifs is 1. The van der Waals surface area contributed by atoms with Gasteiger partial charge in [-0.2, -0.15) is 0 Å². The number of nitrogens with zero attached hydrogens (tertiary/aromatic N) is 2. The number of terminal acetylenes is 1. The molecule has 0 fully saturated rings. The number of benzene rings is 1.